The lowest BCUT2D eigenvalue weighted by Gasteiger charge is -2.09. The average Bonchev–Trinajstić information content (AvgIpc) is 2.67. The predicted octanol–water partition coefficient (Wildman–Crippen LogP) is 2.74. The van der Waals surface area contributed by atoms with E-state index in [1.807, 2.05) is 6.20 Å². The molecule has 1 aromatic heterocycles. The third kappa shape index (κ3) is 4.04. The Bertz CT molecular complexity index is 268. The zero-order valence-corrected chi connectivity index (χ0v) is 10.2. The predicted molar refractivity (Wildman–Crippen MR) is 63.8 cm³/mol. The summed E-state index contributed by atoms with van der Waals surface area (Å²) in [6, 6.07) is 0.523. The van der Waals surface area contributed by atoms with E-state index in [9.17, 15) is 0 Å². The van der Waals surface area contributed by atoms with Crippen molar-refractivity contribution in [1.29, 1.82) is 0 Å². The maximum atomic E-state index is 4.39. The molecule has 0 aliphatic heterocycles. The van der Waals surface area contributed by atoms with Crippen LogP contribution in [0.4, 0.5) is 0 Å². The van der Waals surface area contributed by atoms with Crippen LogP contribution >= 0.6 is 0 Å². The zero-order chi connectivity index (χ0) is 11.1. The summed E-state index contributed by atoms with van der Waals surface area (Å²) in [4.78, 5) is 0. The van der Waals surface area contributed by atoms with E-state index in [-0.39, 0.29) is 0 Å². The van der Waals surface area contributed by atoms with Crippen LogP contribution in [0.3, 0.4) is 0 Å². The molecule has 1 unspecified atom stereocenters. The van der Waals surface area contributed by atoms with E-state index in [4.69, 9.17) is 0 Å². The van der Waals surface area contributed by atoms with Crippen molar-refractivity contribution in [1.82, 2.24) is 15.1 Å². The van der Waals surface area contributed by atoms with E-state index >= 15 is 0 Å². The van der Waals surface area contributed by atoms with E-state index in [1.165, 1.54) is 24.8 Å². The van der Waals surface area contributed by atoms with Gasteiger partial charge in [0.05, 0.1) is 6.20 Å². The van der Waals surface area contributed by atoms with Gasteiger partial charge >= 0.3 is 0 Å². The van der Waals surface area contributed by atoms with Crippen LogP contribution in [0.25, 0.3) is 0 Å². The van der Waals surface area contributed by atoms with E-state index in [0.717, 1.165) is 13.1 Å². The minimum Gasteiger partial charge on any atom is -0.313 e. The Morgan fingerprint density at radius 3 is 2.87 bits per heavy atom. The number of hydrogen-bond acceptors (Lipinski definition) is 2. The highest BCUT2D eigenvalue weighted by Crippen LogP contribution is 2.12. The largest absolute Gasteiger partial charge is 0.313 e. The van der Waals surface area contributed by atoms with Crippen molar-refractivity contribution >= 4 is 0 Å². The Labute approximate surface area is 92.9 Å². The van der Waals surface area contributed by atoms with E-state index in [0.29, 0.717) is 6.04 Å². The molecule has 0 aromatic carbocycles. The van der Waals surface area contributed by atoms with Crippen LogP contribution in [-0.4, -0.2) is 16.3 Å². The van der Waals surface area contributed by atoms with Crippen molar-refractivity contribution in [3.05, 3.63) is 18.0 Å². The fourth-order valence-corrected chi connectivity index (χ4v) is 1.67. The van der Waals surface area contributed by atoms with Gasteiger partial charge in [-0.05, 0) is 26.3 Å². The molecule has 0 fully saturated rings. The average molecular weight is 209 g/mol. The molecule has 1 N–H and O–H groups in total. The van der Waals surface area contributed by atoms with Gasteiger partial charge in [0.1, 0.15) is 0 Å². The number of hydrogen-bond donors (Lipinski definition) is 1. The minimum atomic E-state index is 0.523. The number of rotatable bonds is 7. The lowest BCUT2D eigenvalue weighted by Crippen LogP contribution is -2.13. The van der Waals surface area contributed by atoms with Gasteiger partial charge < -0.3 is 5.32 Å². The standard InChI is InChI=1S/C12H23N3/c1-4-6-11(3)15-10-12(9-14-15)8-13-7-5-2/h9-11,13H,4-8H2,1-3H3. The molecule has 0 saturated heterocycles. The summed E-state index contributed by atoms with van der Waals surface area (Å²) >= 11 is 0. The SMILES string of the molecule is CCCNCc1cnn(C(C)CCC)c1. The van der Waals surface area contributed by atoms with Crippen LogP contribution in [0.1, 0.15) is 51.6 Å². The highest BCUT2D eigenvalue weighted by molar-refractivity contribution is 5.03. The number of nitrogens with one attached hydrogen (secondary N) is 1. The molecule has 3 nitrogen and oxygen atoms in total. The van der Waals surface area contributed by atoms with E-state index in [2.05, 4.69) is 42.1 Å². The van der Waals surface area contributed by atoms with Crippen LogP contribution in [0.5, 0.6) is 0 Å². The lowest BCUT2D eigenvalue weighted by molar-refractivity contribution is 0.454. The van der Waals surface area contributed by atoms with Crippen LogP contribution in [0, 0.1) is 0 Å². The molecule has 1 aromatic rings. The maximum absolute atomic E-state index is 4.39. The van der Waals surface area contributed by atoms with Gasteiger partial charge in [0.2, 0.25) is 0 Å². The summed E-state index contributed by atoms with van der Waals surface area (Å²) in [5, 5.41) is 7.77. The minimum absolute atomic E-state index is 0.523. The Hall–Kier alpha value is -0.830. The van der Waals surface area contributed by atoms with Gasteiger partial charge in [0.25, 0.3) is 0 Å². The second kappa shape index (κ2) is 6.62. The molecule has 0 bridgehead atoms. The molecular weight excluding hydrogens is 186 g/mol. The van der Waals surface area contributed by atoms with Gasteiger partial charge in [-0.2, -0.15) is 5.10 Å². The molecule has 0 spiro atoms. The Kier molecular flexibility index (Phi) is 5.40. The molecular formula is C12H23N3. The van der Waals surface area contributed by atoms with Gasteiger partial charge in [-0.15, -0.1) is 0 Å². The molecule has 0 aliphatic carbocycles. The first-order valence-corrected chi connectivity index (χ1v) is 6.01. The first-order chi connectivity index (χ1) is 7.27. The summed E-state index contributed by atoms with van der Waals surface area (Å²) in [5.41, 5.74) is 1.28. The van der Waals surface area contributed by atoms with Crippen LogP contribution in [0.15, 0.2) is 12.4 Å². The third-order valence-electron chi connectivity index (χ3n) is 2.57. The van der Waals surface area contributed by atoms with Gasteiger partial charge in [0.15, 0.2) is 0 Å². The summed E-state index contributed by atoms with van der Waals surface area (Å²) in [7, 11) is 0. The first kappa shape index (κ1) is 12.2. The van der Waals surface area contributed by atoms with Gasteiger partial charge in [-0.25, -0.2) is 0 Å². The first-order valence-electron chi connectivity index (χ1n) is 6.01. The van der Waals surface area contributed by atoms with E-state index in [1.54, 1.807) is 0 Å². The smallest absolute Gasteiger partial charge is 0.0534 e. The monoisotopic (exact) mass is 209 g/mol. The molecule has 0 aliphatic rings. The molecule has 3 heteroatoms. The second-order valence-corrected chi connectivity index (χ2v) is 4.14. The fourth-order valence-electron chi connectivity index (χ4n) is 1.67. The van der Waals surface area contributed by atoms with Crippen molar-refractivity contribution in [2.75, 3.05) is 6.54 Å². The van der Waals surface area contributed by atoms with Crippen LogP contribution in [0.2, 0.25) is 0 Å². The lowest BCUT2D eigenvalue weighted by atomic mass is 10.2. The van der Waals surface area contributed by atoms with Crippen LogP contribution < -0.4 is 5.32 Å². The summed E-state index contributed by atoms with van der Waals surface area (Å²) in [6.07, 6.45) is 7.71. The van der Waals surface area contributed by atoms with Crippen molar-refractivity contribution in [2.45, 2.75) is 52.6 Å². The Morgan fingerprint density at radius 1 is 1.40 bits per heavy atom. The van der Waals surface area contributed by atoms with Crippen molar-refractivity contribution in [3.63, 3.8) is 0 Å². The quantitative estimate of drug-likeness (QED) is 0.700. The van der Waals surface area contributed by atoms with Gasteiger partial charge in [-0.1, -0.05) is 20.3 Å². The van der Waals surface area contributed by atoms with Gasteiger partial charge in [0, 0.05) is 24.3 Å². The Balaban J connectivity index is 2.41. The zero-order valence-electron chi connectivity index (χ0n) is 10.2. The molecule has 0 radical (unpaired) electrons. The van der Waals surface area contributed by atoms with Crippen LogP contribution in [-0.2, 0) is 6.54 Å². The topological polar surface area (TPSA) is 29.9 Å². The number of nitrogens with zero attached hydrogens (tertiary/aromatic N) is 2. The van der Waals surface area contributed by atoms with E-state index < -0.39 is 0 Å². The van der Waals surface area contributed by atoms with Gasteiger partial charge in [-0.3, -0.25) is 4.68 Å². The van der Waals surface area contributed by atoms with Crippen molar-refractivity contribution in [3.8, 4) is 0 Å². The maximum Gasteiger partial charge on any atom is 0.0534 e. The van der Waals surface area contributed by atoms with Crippen molar-refractivity contribution < 1.29 is 0 Å². The molecule has 0 amide bonds. The fraction of sp³-hybridized carbons (Fsp3) is 0.750. The molecule has 1 rings (SSSR count). The summed E-state index contributed by atoms with van der Waals surface area (Å²) < 4.78 is 2.08. The molecule has 15 heavy (non-hydrogen) atoms. The highest BCUT2D eigenvalue weighted by atomic mass is 15.3. The Morgan fingerprint density at radius 2 is 2.20 bits per heavy atom. The van der Waals surface area contributed by atoms with Crippen molar-refractivity contribution in [2.24, 2.45) is 0 Å². The molecule has 1 heterocycles. The number of aromatic nitrogens is 2. The third-order valence-corrected chi connectivity index (χ3v) is 2.57. The molecule has 1 atom stereocenters. The summed E-state index contributed by atoms with van der Waals surface area (Å²) in [5.74, 6) is 0. The second-order valence-electron chi connectivity index (χ2n) is 4.14. The molecule has 0 saturated carbocycles. The highest BCUT2D eigenvalue weighted by Gasteiger charge is 2.04. The molecule has 86 valence electrons. The summed E-state index contributed by atoms with van der Waals surface area (Å²) in [6.45, 7) is 8.63. The normalized spacial score (nSPS) is 13.0.